The van der Waals surface area contributed by atoms with Crippen LogP contribution in [-0.4, -0.2) is 9.91 Å². The fraction of sp³-hybridized carbons (Fsp3) is 0.143. The van der Waals surface area contributed by atoms with Crippen molar-refractivity contribution in [2.24, 2.45) is 0 Å². The number of thiazole rings is 1. The Balaban J connectivity index is 1.87. The zero-order valence-corrected chi connectivity index (χ0v) is 16.1. The highest BCUT2D eigenvalue weighted by Gasteiger charge is 2.18. The van der Waals surface area contributed by atoms with Crippen molar-refractivity contribution in [3.8, 4) is 21.8 Å². The molecule has 0 bridgehead atoms. The van der Waals surface area contributed by atoms with Gasteiger partial charge in [-0.2, -0.15) is 0 Å². The third-order valence-corrected chi connectivity index (χ3v) is 5.73. The van der Waals surface area contributed by atoms with E-state index in [0.29, 0.717) is 21.5 Å². The summed E-state index contributed by atoms with van der Waals surface area (Å²) in [4.78, 5) is 28.8. The second kappa shape index (κ2) is 7.01. The quantitative estimate of drug-likeness (QED) is 0.265. The Labute approximate surface area is 164 Å². The lowest BCUT2D eigenvalue weighted by atomic mass is 10.1. The molecular formula is C21H16N2O4S. The minimum atomic E-state index is -0.506. The van der Waals surface area contributed by atoms with E-state index in [4.69, 9.17) is 9.40 Å². The van der Waals surface area contributed by atoms with E-state index in [-0.39, 0.29) is 5.69 Å². The Morgan fingerprint density at radius 2 is 1.89 bits per heavy atom. The highest BCUT2D eigenvalue weighted by atomic mass is 32.1. The fourth-order valence-electron chi connectivity index (χ4n) is 3.02. The van der Waals surface area contributed by atoms with Gasteiger partial charge in [0, 0.05) is 28.0 Å². The molecule has 0 fully saturated rings. The molecule has 0 saturated carbocycles. The summed E-state index contributed by atoms with van der Waals surface area (Å²) < 4.78 is 5.37. The SMILES string of the molecule is CCc1sc(-c2cc3cc([N+](=O)[O-])ccc3oc2=O)nc1-c1ccc(C)cc1. The van der Waals surface area contributed by atoms with Crippen LogP contribution in [0.5, 0.6) is 0 Å². The van der Waals surface area contributed by atoms with Gasteiger partial charge in [0.05, 0.1) is 16.2 Å². The van der Waals surface area contributed by atoms with Crippen LogP contribution >= 0.6 is 11.3 Å². The molecule has 0 unspecified atom stereocenters. The molecule has 2 aromatic heterocycles. The van der Waals surface area contributed by atoms with Crippen molar-refractivity contribution in [3.05, 3.63) is 79.5 Å². The van der Waals surface area contributed by atoms with Crippen molar-refractivity contribution in [2.75, 3.05) is 0 Å². The molecule has 140 valence electrons. The van der Waals surface area contributed by atoms with Gasteiger partial charge in [-0.25, -0.2) is 9.78 Å². The van der Waals surface area contributed by atoms with Crippen LogP contribution in [0.25, 0.3) is 32.8 Å². The van der Waals surface area contributed by atoms with Gasteiger partial charge in [-0.05, 0) is 25.5 Å². The Kier molecular flexibility index (Phi) is 4.52. The van der Waals surface area contributed by atoms with Crippen LogP contribution in [0, 0.1) is 17.0 Å². The molecule has 0 N–H and O–H groups in total. The van der Waals surface area contributed by atoms with Crippen LogP contribution < -0.4 is 5.63 Å². The number of nitro groups is 1. The number of fused-ring (bicyclic) bond motifs is 1. The molecule has 6 nitrogen and oxygen atoms in total. The third kappa shape index (κ3) is 3.20. The van der Waals surface area contributed by atoms with E-state index in [1.165, 1.54) is 29.5 Å². The number of non-ortho nitro benzene ring substituents is 1. The van der Waals surface area contributed by atoms with E-state index in [2.05, 4.69) is 0 Å². The normalized spacial score (nSPS) is 11.1. The van der Waals surface area contributed by atoms with Gasteiger partial charge in [-0.15, -0.1) is 11.3 Å². The minimum absolute atomic E-state index is 0.0546. The number of benzene rings is 2. The van der Waals surface area contributed by atoms with Crippen molar-refractivity contribution in [3.63, 3.8) is 0 Å². The van der Waals surface area contributed by atoms with E-state index in [1.54, 1.807) is 6.07 Å². The predicted molar refractivity (Wildman–Crippen MR) is 110 cm³/mol. The van der Waals surface area contributed by atoms with Crippen LogP contribution in [0.1, 0.15) is 17.4 Å². The molecule has 7 heteroatoms. The van der Waals surface area contributed by atoms with E-state index < -0.39 is 10.5 Å². The Morgan fingerprint density at radius 3 is 2.57 bits per heavy atom. The Bertz CT molecular complexity index is 1260. The van der Waals surface area contributed by atoms with Crippen LogP contribution in [-0.2, 0) is 6.42 Å². The van der Waals surface area contributed by atoms with Crippen molar-refractivity contribution in [1.82, 2.24) is 4.98 Å². The Morgan fingerprint density at radius 1 is 1.14 bits per heavy atom. The summed E-state index contributed by atoms with van der Waals surface area (Å²) in [6.07, 6.45) is 0.783. The summed E-state index contributed by atoms with van der Waals surface area (Å²) in [5.74, 6) is 0. The van der Waals surface area contributed by atoms with Crippen molar-refractivity contribution in [1.29, 1.82) is 0 Å². The number of nitro benzene ring substituents is 1. The molecule has 2 aromatic carbocycles. The molecule has 0 aliphatic rings. The van der Waals surface area contributed by atoms with Gasteiger partial charge in [0.25, 0.3) is 5.69 Å². The molecule has 4 rings (SSSR count). The van der Waals surface area contributed by atoms with Gasteiger partial charge in [0.2, 0.25) is 0 Å². The van der Waals surface area contributed by atoms with Crippen LogP contribution in [0.3, 0.4) is 0 Å². The van der Waals surface area contributed by atoms with Crippen LogP contribution in [0.15, 0.2) is 57.7 Å². The fourth-order valence-corrected chi connectivity index (χ4v) is 4.04. The van der Waals surface area contributed by atoms with Gasteiger partial charge < -0.3 is 4.42 Å². The summed E-state index contributed by atoms with van der Waals surface area (Å²) in [6.45, 7) is 4.07. The van der Waals surface area contributed by atoms with Crippen molar-refractivity contribution >= 4 is 28.0 Å². The first-order valence-electron chi connectivity index (χ1n) is 8.75. The van der Waals surface area contributed by atoms with E-state index in [9.17, 15) is 14.9 Å². The lowest BCUT2D eigenvalue weighted by molar-refractivity contribution is -0.384. The average Bonchev–Trinajstić information content (AvgIpc) is 3.11. The lowest BCUT2D eigenvalue weighted by Gasteiger charge is -2.01. The summed E-state index contributed by atoms with van der Waals surface area (Å²) in [5.41, 5.74) is 3.06. The predicted octanol–water partition coefficient (Wildman–Crippen LogP) is 5.36. The molecule has 0 radical (unpaired) electrons. The zero-order valence-electron chi connectivity index (χ0n) is 15.3. The maximum Gasteiger partial charge on any atom is 0.346 e. The molecule has 0 spiro atoms. The van der Waals surface area contributed by atoms with Crippen LogP contribution in [0.2, 0.25) is 0 Å². The zero-order chi connectivity index (χ0) is 19.8. The molecule has 0 atom stereocenters. The van der Waals surface area contributed by atoms with Crippen molar-refractivity contribution in [2.45, 2.75) is 20.3 Å². The summed E-state index contributed by atoms with van der Waals surface area (Å²) in [6, 6.07) is 13.9. The molecular weight excluding hydrogens is 376 g/mol. The van der Waals surface area contributed by atoms with Gasteiger partial charge >= 0.3 is 5.63 Å². The standard InChI is InChI=1S/C21H16N2O4S/c1-3-18-19(13-6-4-12(2)5-7-13)22-20(28-18)16-11-14-10-15(23(25)26)8-9-17(14)27-21(16)24/h4-11H,3H2,1-2H3. The largest absolute Gasteiger partial charge is 0.422 e. The number of aromatic nitrogens is 1. The first kappa shape index (κ1) is 18.1. The number of nitrogens with zero attached hydrogens (tertiary/aromatic N) is 2. The molecule has 28 heavy (non-hydrogen) atoms. The first-order chi connectivity index (χ1) is 13.5. The highest BCUT2D eigenvalue weighted by molar-refractivity contribution is 7.15. The highest BCUT2D eigenvalue weighted by Crippen LogP contribution is 2.34. The average molecular weight is 392 g/mol. The minimum Gasteiger partial charge on any atom is -0.422 e. The molecule has 0 aliphatic carbocycles. The second-order valence-corrected chi connectivity index (χ2v) is 7.52. The molecule has 0 amide bonds. The maximum absolute atomic E-state index is 12.5. The topological polar surface area (TPSA) is 86.2 Å². The van der Waals surface area contributed by atoms with Crippen LogP contribution in [0.4, 0.5) is 5.69 Å². The van der Waals surface area contributed by atoms with Gasteiger partial charge in [0.1, 0.15) is 10.6 Å². The molecule has 0 saturated heterocycles. The number of rotatable bonds is 4. The monoisotopic (exact) mass is 392 g/mol. The van der Waals surface area contributed by atoms with E-state index >= 15 is 0 Å². The van der Waals surface area contributed by atoms with Crippen molar-refractivity contribution < 1.29 is 9.34 Å². The van der Waals surface area contributed by atoms with E-state index in [1.807, 2.05) is 38.1 Å². The Hall–Kier alpha value is -3.32. The third-order valence-electron chi connectivity index (χ3n) is 4.50. The van der Waals surface area contributed by atoms with Gasteiger partial charge in [0.15, 0.2) is 0 Å². The smallest absolute Gasteiger partial charge is 0.346 e. The number of hydrogen-bond acceptors (Lipinski definition) is 6. The summed E-state index contributed by atoms with van der Waals surface area (Å²) in [7, 11) is 0. The maximum atomic E-state index is 12.5. The number of hydrogen-bond donors (Lipinski definition) is 0. The molecule has 0 aliphatic heterocycles. The summed E-state index contributed by atoms with van der Waals surface area (Å²) >= 11 is 1.44. The summed E-state index contributed by atoms with van der Waals surface area (Å²) in [5, 5.41) is 12.1. The number of aryl methyl sites for hydroxylation is 2. The van der Waals surface area contributed by atoms with Gasteiger partial charge in [-0.3, -0.25) is 10.1 Å². The molecule has 4 aromatic rings. The second-order valence-electron chi connectivity index (χ2n) is 6.44. The van der Waals surface area contributed by atoms with Gasteiger partial charge in [-0.1, -0.05) is 36.8 Å². The first-order valence-corrected chi connectivity index (χ1v) is 9.57. The van der Waals surface area contributed by atoms with E-state index in [0.717, 1.165) is 28.1 Å². The molecule has 2 heterocycles. The lowest BCUT2D eigenvalue weighted by Crippen LogP contribution is -2.02.